The second-order valence-corrected chi connectivity index (χ2v) is 20.1. The maximum atomic E-state index is 4.95. The fourth-order valence-electron chi connectivity index (χ4n) is 3.50. The summed E-state index contributed by atoms with van der Waals surface area (Å²) in [6.45, 7) is 6.98. The molecule has 0 N–H and O–H groups in total. The van der Waals surface area contributed by atoms with Gasteiger partial charge >= 0.3 is 142 Å². The third-order valence-electron chi connectivity index (χ3n) is 5.22. The molecule has 0 bridgehead atoms. The Morgan fingerprint density at radius 1 is 0.864 bits per heavy atom. The Bertz CT molecular complexity index is 404. The van der Waals surface area contributed by atoms with E-state index >= 15 is 0 Å². The minimum absolute atomic E-state index is 0.778. The van der Waals surface area contributed by atoms with Crippen molar-refractivity contribution in [2.75, 3.05) is 0 Å². The van der Waals surface area contributed by atoms with E-state index in [-0.39, 0.29) is 0 Å². The van der Waals surface area contributed by atoms with E-state index in [9.17, 15) is 0 Å². The van der Waals surface area contributed by atoms with Crippen molar-refractivity contribution < 1.29 is 0 Å². The van der Waals surface area contributed by atoms with Crippen molar-refractivity contribution in [2.45, 2.75) is 91.4 Å². The SMILES string of the molecule is CCC[CH2][Sn]([CH2]CCC)([CH2]CCC)[c]1ncc(C2CC2)cn1. The van der Waals surface area contributed by atoms with Gasteiger partial charge in [0.15, 0.2) is 0 Å². The van der Waals surface area contributed by atoms with Crippen LogP contribution in [0.2, 0.25) is 13.3 Å². The van der Waals surface area contributed by atoms with Crippen LogP contribution >= 0.6 is 0 Å². The van der Waals surface area contributed by atoms with E-state index < -0.39 is 18.4 Å². The van der Waals surface area contributed by atoms with Gasteiger partial charge in [0, 0.05) is 0 Å². The van der Waals surface area contributed by atoms with Crippen molar-refractivity contribution in [3.63, 3.8) is 0 Å². The van der Waals surface area contributed by atoms with Gasteiger partial charge in [0.05, 0.1) is 0 Å². The molecule has 1 saturated carbocycles. The van der Waals surface area contributed by atoms with Gasteiger partial charge in [0.2, 0.25) is 0 Å². The third-order valence-corrected chi connectivity index (χ3v) is 19.9. The maximum absolute atomic E-state index is 4.95. The number of aromatic nitrogens is 2. The molecule has 22 heavy (non-hydrogen) atoms. The van der Waals surface area contributed by atoms with E-state index in [1.807, 2.05) is 0 Å². The molecule has 1 aromatic heterocycles. The van der Waals surface area contributed by atoms with Crippen LogP contribution in [0.15, 0.2) is 12.4 Å². The molecule has 0 aromatic carbocycles. The third kappa shape index (κ3) is 4.94. The van der Waals surface area contributed by atoms with Gasteiger partial charge in [-0.3, -0.25) is 0 Å². The Kier molecular flexibility index (Phi) is 7.65. The van der Waals surface area contributed by atoms with Gasteiger partial charge in [-0.25, -0.2) is 0 Å². The van der Waals surface area contributed by atoms with Gasteiger partial charge in [-0.1, -0.05) is 0 Å². The van der Waals surface area contributed by atoms with Crippen molar-refractivity contribution in [1.82, 2.24) is 9.97 Å². The Morgan fingerprint density at radius 3 is 1.68 bits per heavy atom. The van der Waals surface area contributed by atoms with Gasteiger partial charge in [0.1, 0.15) is 0 Å². The standard InChI is InChI=1S/C7H7N2.3C4H9.Sn/c1-2-6(1)7-3-8-5-9-4-7;3*1-3-4-2;/h3-4,6H,1-2H2;3*1,3-4H2,2H3;. The molecule has 0 spiro atoms. The molecule has 0 saturated heterocycles. The first kappa shape index (κ1) is 18.2. The summed E-state index contributed by atoms with van der Waals surface area (Å²) < 4.78 is 5.74. The van der Waals surface area contributed by atoms with E-state index in [0.717, 1.165) is 5.92 Å². The van der Waals surface area contributed by atoms with Crippen LogP contribution in [0.25, 0.3) is 0 Å². The number of unbranched alkanes of at least 4 members (excludes halogenated alkanes) is 3. The molecule has 1 aliphatic rings. The van der Waals surface area contributed by atoms with Crippen molar-refractivity contribution in [3.05, 3.63) is 18.0 Å². The van der Waals surface area contributed by atoms with Crippen LogP contribution < -0.4 is 3.84 Å². The second-order valence-electron chi connectivity index (χ2n) is 7.21. The van der Waals surface area contributed by atoms with E-state index in [1.54, 1.807) is 0 Å². The quantitative estimate of drug-likeness (QED) is 0.457. The van der Waals surface area contributed by atoms with Crippen molar-refractivity contribution in [1.29, 1.82) is 0 Å². The summed E-state index contributed by atoms with van der Waals surface area (Å²) in [6, 6.07) is 0. The molecule has 2 rings (SSSR count). The average molecular weight is 409 g/mol. The zero-order chi connectivity index (χ0) is 15.8. The normalized spacial score (nSPS) is 15.2. The van der Waals surface area contributed by atoms with Crippen molar-refractivity contribution >= 4 is 22.2 Å². The van der Waals surface area contributed by atoms with Gasteiger partial charge in [-0.15, -0.1) is 0 Å². The van der Waals surface area contributed by atoms with Crippen molar-refractivity contribution in [3.8, 4) is 0 Å². The zero-order valence-electron chi connectivity index (χ0n) is 14.9. The molecule has 0 unspecified atom stereocenters. The summed E-state index contributed by atoms with van der Waals surface area (Å²) in [5.74, 6) is 0.778. The first-order chi connectivity index (χ1) is 10.8. The van der Waals surface area contributed by atoms with Gasteiger partial charge in [0.25, 0.3) is 0 Å². The molecule has 0 amide bonds. The predicted octanol–water partition coefficient (Wildman–Crippen LogP) is 5.41. The van der Waals surface area contributed by atoms with Crippen LogP contribution in [0.1, 0.15) is 83.6 Å². The number of rotatable bonds is 11. The van der Waals surface area contributed by atoms with Crippen LogP contribution in [0.5, 0.6) is 0 Å². The first-order valence-corrected chi connectivity index (χ1v) is 17.1. The molecule has 1 heterocycles. The van der Waals surface area contributed by atoms with Gasteiger partial charge < -0.3 is 0 Å². The van der Waals surface area contributed by atoms with Crippen LogP contribution in [0.3, 0.4) is 0 Å². The van der Waals surface area contributed by atoms with E-state index in [2.05, 4.69) is 33.2 Å². The number of nitrogens with zero attached hydrogens (tertiary/aromatic N) is 2. The Balaban J connectivity index is 2.20. The van der Waals surface area contributed by atoms with Crippen LogP contribution in [-0.4, -0.2) is 28.3 Å². The fourth-order valence-corrected chi connectivity index (χ4v) is 18.3. The molecule has 0 radical (unpaired) electrons. The second kappa shape index (κ2) is 9.24. The first-order valence-electron chi connectivity index (χ1n) is 9.58. The predicted molar refractivity (Wildman–Crippen MR) is 98.5 cm³/mol. The van der Waals surface area contributed by atoms with E-state index in [1.165, 1.54) is 74.1 Å². The summed E-state index contributed by atoms with van der Waals surface area (Å²) in [5.41, 5.74) is 1.39. The summed E-state index contributed by atoms with van der Waals surface area (Å²) >= 11 is -2.37. The molecular formula is C19H34N2Sn. The molecule has 1 aliphatic carbocycles. The van der Waals surface area contributed by atoms with Gasteiger partial charge in [-0.05, 0) is 0 Å². The summed E-state index contributed by atoms with van der Waals surface area (Å²) in [5, 5.41) is 0. The van der Waals surface area contributed by atoms with E-state index in [4.69, 9.17) is 9.97 Å². The van der Waals surface area contributed by atoms with Crippen LogP contribution in [0, 0.1) is 0 Å². The zero-order valence-corrected chi connectivity index (χ0v) is 17.8. The average Bonchev–Trinajstić information content (AvgIpc) is 3.40. The van der Waals surface area contributed by atoms with E-state index in [0.29, 0.717) is 0 Å². The molecule has 0 atom stereocenters. The molecule has 3 heteroatoms. The number of hydrogen-bond donors (Lipinski definition) is 0. The molecule has 1 aromatic rings. The Morgan fingerprint density at radius 2 is 1.32 bits per heavy atom. The fraction of sp³-hybridized carbons (Fsp3) is 0.789. The minimum atomic E-state index is -2.37. The Hall–Kier alpha value is -0.121. The summed E-state index contributed by atoms with van der Waals surface area (Å²) in [7, 11) is 0. The monoisotopic (exact) mass is 410 g/mol. The van der Waals surface area contributed by atoms with Gasteiger partial charge in [-0.2, -0.15) is 0 Å². The Labute approximate surface area is 141 Å². The number of hydrogen-bond acceptors (Lipinski definition) is 2. The summed E-state index contributed by atoms with van der Waals surface area (Å²) in [6.07, 6.45) is 15.2. The molecule has 124 valence electrons. The summed E-state index contributed by atoms with van der Waals surface area (Å²) in [4.78, 5) is 9.91. The van der Waals surface area contributed by atoms with Crippen LogP contribution in [0.4, 0.5) is 0 Å². The molecule has 2 nitrogen and oxygen atoms in total. The molecular weight excluding hydrogens is 375 g/mol. The molecule has 1 fully saturated rings. The van der Waals surface area contributed by atoms with Crippen LogP contribution in [-0.2, 0) is 0 Å². The molecule has 0 aliphatic heterocycles. The van der Waals surface area contributed by atoms with Crippen molar-refractivity contribution in [2.24, 2.45) is 0 Å². The topological polar surface area (TPSA) is 25.8 Å².